The summed E-state index contributed by atoms with van der Waals surface area (Å²) in [7, 11) is 0. The normalized spacial score (nSPS) is 40.8. The number of ether oxygens (including phenoxy) is 3. The molecule has 0 radical (unpaired) electrons. The molecular formula is C50H72ClNO8. The lowest BCUT2D eigenvalue weighted by Crippen LogP contribution is -2.66. The lowest BCUT2D eigenvalue weighted by molar-refractivity contribution is -0.238. The molecule has 0 unspecified atom stereocenters. The SMILES string of the molecule is CC(C)C1=C2[C@H]3CC[C@@H]4[C@@]5(C)CC[C@H](OC(=O)[C@H]6C[C@@H](C(=O)O)C6(C)C)C(C)(C)[C@@H]5CC[C@@]4(C)[C@]3(C)CC[C@@]2([C@@H](O)CNCc2ccc(Cl)cc2O[C@@H]2CCOC2)CC1=O. The zero-order valence-electron chi connectivity index (χ0n) is 37.8. The fourth-order valence-corrected chi connectivity index (χ4v) is 15.5. The average Bonchev–Trinajstić information content (AvgIpc) is 3.79. The molecule has 1 aromatic carbocycles. The molecule has 10 heteroatoms. The average molecular weight is 851 g/mol. The number of esters is 1. The molecule has 1 saturated heterocycles. The Morgan fingerprint density at radius 1 is 0.917 bits per heavy atom. The van der Waals surface area contributed by atoms with E-state index in [1.165, 1.54) is 5.57 Å². The number of ketones is 1. The van der Waals surface area contributed by atoms with Crippen LogP contribution in [0, 0.1) is 68.0 Å². The zero-order chi connectivity index (χ0) is 43.4. The number of rotatable bonds is 11. The summed E-state index contributed by atoms with van der Waals surface area (Å²) in [5.74, 6) is 0.163. The Kier molecular flexibility index (Phi) is 11.3. The molecule has 5 saturated carbocycles. The summed E-state index contributed by atoms with van der Waals surface area (Å²) >= 11 is 6.39. The molecule has 9 nitrogen and oxygen atoms in total. The number of benzene rings is 1. The van der Waals surface area contributed by atoms with Crippen LogP contribution in [0.1, 0.15) is 139 Å². The van der Waals surface area contributed by atoms with Crippen molar-refractivity contribution < 1.29 is 38.8 Å². The highest BCUT2D eigenvalue weighted by molar-refractivity contribution is 6.30. The highest BCUT2D eigenvalue weighted by atomic mass is 35.5. The van der Waals surface area contributed by atoms with Gasteiger partial charge in [-0.1, -0.05) is 85.6 Å². The molecule has 6 fully saturated rings. The predicted octanol–water partition coefficient (Wildman–Crippen LogP) is 9.60. The van der Waals surface area contributed by atoms with Gasteiger partial charge >= 0.3 is 11.9 Å². The summed E-state index contributed by atoms with van der Waals surface area (Å²) in [5.41, 5.74) is 1.87. The molecule has 1 aromatic rings. The number of allylic oxidation sites excluding steroid dienone is 1. The number of fused-ring (bicyclic) bond motifs is 7. The van der Waals surface area contributed by atoms with Crippen LogP contribution in [-0.2, 0) is 30.4 Å². The number of carboxylic acids is 1. The van der Waals surface area contributed by atoms with E-state index in [9.17, 15) is 24.6 Å². The van der Waals surface area contributed by atoms with E-state index in [1.807, 2.05) is 32.0 Å². The van der Waals surface area contributed by atoms with Crippen molar-refractivity contribution in [2.24, 2.45) is 68.0 Å². The van der Waals surface area contributed by atoms with Gasteiger partial charge in [0.05, 0.1) is 31.2 Å². The van der Waals surface area contributed by atoms with Crippen molar-refractivity contribution in [1.29, 1.82) is 0 Å². The van der Waals surface area contributed by atoms with Gasteiger partial charge < -0.3 is 29.7 Å². The number of aliphatic hydroxyl groups excluding tert-OH is 1. The number of carbonyl (C=O) groups is 3. The van der Waals surface area contributed by atoms with E-state index in [-0.39, 0.29) is 63.4 Å². The Bertz CT molecular complexity index is 1920. The Labute approximate surface area is 363 Å². The van der Waals surface area contributed by atoms with Crippen LogP contribution in [0.5, 0.6) is 5.75 Å². The number of carboxylic acid groups (broad SMARTS) is 1. The third kappa shape index (κ3) is 6.66. The number of aliphatic carboxylic acids is 1. The Morgan fingerprint density at radius 3 is 2.33 bits per heavy atom. The smallest absolute Gasteiger partial charge is 0.309 e. The summed E-state index contributed by atoms with van der Waals surface area (Å²) in [6.07, 6.45) is 8.46. The van der Waals surface area contributed by atoms with Crippen molar-refractivity contribution in [1.82, 2.24) is 5.32 Å². The quantitative estimate of drug-likeness (QED) is 0.186. The van der Waals surface area contributed by atoms with Gasteiger partial charge in [-0.25, -0.2) is 0 Å². The first-order chi connectivity index (χ1) is 28.1. The number of aliphatic hydroxyl groups is 1. The second-order valence-corrected chi connectivity index (χ2v) is 23.1. The minimum absolute atomic E-state index is 0.00278. The molecular weight excluding hydrogens is 778 g/mol. The first-order valence-electron chi connectivity index (χ1n) is 23.2. The van der Waals surface area contributed by atoms with E-state index in [2.05, 4.69) is 53.8 Å². The van der Waals surface area contributed by atoms with Gasteiger partial charge in [0.1, 0.15) is 18.0 Å². The summed E-state index contributed by atoms with van der Waals surface area (Å²) in [6.45, 7) is 22.5. The van der Waals surface area contributed by atoms with Gasteiger partial charge in [0.15, 0.2) is 5.78 Å². The minimum Gasteiger partial charge on any atom is -0.488 e. The molecule has 12 atom stereocenters. The first kappa shape index (κ1) is 44.2. The number of Topliss-reactive ketones (excluding diaryl/α,β-unsaturated/α-hetero) is 1. The molecule has 0 aromatic heterocycles. The van der Waals surface area contributed by atoms with Gasteiger partial charge in [0.25, 0.3) is 0 Å². The topological polar surface area (TPSA) is 131 Å². The van der Waals surface area contributed by atoms with Gasteiger partial charge in [-0.3, -0.25) is 14.4 Å². The van der Waals surface area contributed by atoms with Gasteiger partial charge in [-0.2, -0.15) is 0 Å². The minimum atomic E-state index is -0.833. The Balaban J connectivity index is 1.01. The van der Waals surface area contributed by atoms with Crippen molar-refractivity contribution in [3.05, 3.63) is 39.9 Å². The summed E-state index contributed by atoms with van der Waals surface area (Å²) in [4.78, 5) is 39.7. The number of nitrogens with one attached hydrogen (secondary N) is 1. The molecule has 8 rings (SSSR count). The maximum atomic E-state index is 14.2. The van der Waals surface area contributed by atoms with E-state index < -0.39 is 28.8 Å². The fraction of sp³-hybridized carbons (Fsp3) is 0.780. The monoisotopic (exact) mass is 849 g/mol. The van der Waals surface area contributed by atoms with Gasteiger partial charge in [-0.15, -0.1) is 0 Å². The molecule has 3 N–H and O–H groups in total. The number of hydrogen-bond acceptors (Lipinski definition) is 8. The molecule has 7 aliphatic rings. The fourth-order valence-electron chi connectivity index (χ4n) is 15.4. The van der Waals surface area contributed by atoms with Crippen LogP contribution in [-0.4, -0.2) is 66.0 Å². The van der Waals surface area contributed by atoms with E-state index >= 15 is 0 Å². The van der Waals surface area contributed by atoms with Gasteiger partial charge in [0.2, 0.25) is 0 Å². The predicted molar refractivity (Wildman–Crippen MR) is 231 cm³/mol. The van der Waals surface area contributed by atoms with Gasteiger partial charge in [0, 0.05) is 47.3 Å². The largest absolute Gasteiger partial charge is 0.488 e. The van der Waals surface area contributed by atoms with Crippen LogP contribution in [0.3, 0.4) is 0 Å². The summed E-state index contributed by atoms with van der Waals surface area (Å²) in [5, 5.41) is 26.3. The standard InChI is InChI=1S/C50H72ClNO8/c1-28(2)41-35(53)24-50(39(54)26-52-25-29-10-11-30(51)22-36(29)59-31-16-21-58-27-31)20-19-48(8)32(42(41)50)12-13-38-47(7)17-15-40(46(5,6)37(47)14-18-49(38,48)9)60-44(57)34-23-33(43(55)56)45(34,3)4/h10-11,22,28,31-34,37-40,52,54H,12-21,23-27H2,1-9H3,(H,55,56)/t31-,32-,33+,34-,37+,38-,39+,40+,47+,48-,49-,50+/m1/s1. The summed E-state index contributed by atoms with van der Waals surface area (Å²) < 4.78 is 18.3. The zero-order valence-corrected chi connectivity index (χ0v) is 38.5. The van der Waals surface area contributed by atoms with Crippen molar-refractivity contribution in [3.8, 4) is 5.75 Å². The molecule has 6 aliphatic carbocycles. The highest BCUT2D eigenvalue weighted by Gasteiger charge is 2.71. The van der Waals surface area contributed by atoms with Crippen LogP contribution in [0.25, 0.3) is 0 Å². The third-order valence-corrected chi connectivity index (χ3v) is 19.3. The first-order valence-corrected chi connectivity index (χ1v) is 23.6. The van der Waals surface area contributed by atoms with Crippen molar-refractivity contribution >= 4 is 29.3 Å². The maximum absolute atomic E-state index is 14.2. The van der Waals surface area contributed by atoms with E-state index in [0.29, 0.717) is 56.0 Å². The van der Waals surface area contributed by atoms with Crippen molar-refractivity contribution in [2.75, 3.05) is 19.8 Å². The van der Waals surface area contributed by atoms with Crippen LogP contribution in [0.15, 0.2) is 29.3 Å². The number of carbonyl (C=O) groups excluding carboxylic acids is 2. The molecule has 1 heterocycles. The van der Waals surface area contributed by atoms with E-state index in [4.69, 9.17) is 25.8 Å². The van der Waals surface area contributed by atoms with Crippen LogP contribution >= 0.6 is 11.6 Å². The van der Waals surface area contributed by atoms with E-state index in [0.717, 1.165) is 74.7 Å². The Hall–Kier alpha value is -2.46. The van der Waals surface area contributed by atoms with Crippen LogP contribution in [0.4, 0.5) is 0 Å². The third-order valence-electron chi connectivity index (χ3n) is 19.0. The second kappa shape index (κ2) is 15.4. The second-order valence-electron chi connectivity index (χ2n) is 22.6. The van der Waals surface area contributed by atoms with Gasteiger partial charge in [-0.05, 0) is 121 Å². The molecule has 60 heavy (non-hydrogen) atoms. The van der Waals surface area contributed by atoms with Crippen molar-refractivity contribution in [3.63, 3.8) is 0 Å². The molecule has 1 aliphatic heterocycles. The van der Waals surface area contributed by atoms with Crippen LogP contribution < -0.4 is 10.1 Å². The van der Waals surface area contributed by atoms with E-state index in [1.54, 1.807) is 0 Å². The van der Waals surface area contributed by atoms with Crippen molar-refractivity contribution in [2.45, 2.75) is 158 Å². The van der Waals surface area contributed by atoms with Crippen LogP contribution in [0.2, 0.25) is 5.02 Å². The summed E-state index contributed by atoms with van der Waals surface area (Å²) in [6, 6.07) is 5.73. The molecule has 0 spiro atoms. The maximum Gasteiger partial charge on any atom is 0.309 e. The lowest BCUT2D eigenvalue weighted by Gasteiger charge is -2.72. The number of halogens is 1. The molecule has 0 bridgehead atoms. The lowest BCUT2D eigenvalue weighted by atomic mass is 9.33. The Morgan fingerprint density at radius 2 is 1.67 bits per heavy atom. The molecule has 0 amide bonds. The highest BCUT2D eigenvalue weighted by Crippen LogP contribution is 2.77. The number of hydrogen-bond donors (Lipinski definition) is 3. The molecule has 332 valence electrons.